The molecule has 1 aliphatic rings. The molecule has 5 nitrogen and oxygen atoms in total. The first-order chi connectivity index (χ1) is 7.38. The van der Waals surface area contributed by atoms with Crippen LogP contribution in [0, 0.1) is 0 Å². The Morgan fingerprint density at radius 3 is 2.93 bits per heavy atom. The Labute approximate surface area is 87.9 Å². The van der Waals surface area contributed by atoms with Crippen LogP contribution in [-0.4, -0.2) is 35.5 Å². The van der Waals surface area contributed by atoms with Gasteiger partial charge in [0.1, 0.15) is 0 Å². The minimum Gasteiger partial charge on any atom is -0.376 e. The largest absolute Gasteiger partial charge is 0.376 e. The molecule has 1 aromatic heterocycles. The lowest BCUT2D eigenvalue weighted by Crippen LogP contribution is -2.19. The van der Waals surface area contributed by atoms with E-state index >= 15 is 0 Å². The number of carbonyl (C=O) groups excluding carboxylic acids is 1. The van der Waals surface area contributed by atoms with Crippen molar-refractivity contribution in [2.75, 3.05) is 18.5 Å². The summed E-state index contributed by atoms with van der Waals surface area (Å²) in [5.41, 5.74) is 0.484. The smallest absolute Gasteiger partial charge is 0.222 e. The van der Waals surface area contributed by atoms with Gasteiger partial charge in [0.15, 0.2) is 6.29 Å². The van der Waals surface area contributed by atoms with Crippen molar-refractivity contribution in [3.8, 4) is 0 Å². The van der Waals surface area contributed by atoms with E-state index in [4.69, 9.17) is 4.74 Å². The van der Waals surface area contributed by atoms with Crippen molar-refractivity contribution in [1.29, 1.82) is 0 Å². The van der Waals surface area contributed by atoms with Gasteiger partial charge in [-0.05, 0) is 12.8 Å². The van der Waals surface area contributed by atoms with E-state index in [9.17, 15) is 4.79 Å². The zero-order chi connectivity index (χ0) is 10.5. The van der Waals surface area contributed by atoms with E-state index in [0.29, 0.717) is 11.5 Å². The van der Waals surface area contributed by atoms with Crippen LogP contribution in [0.2, 0.25) is 0 Å². The Kier molecular flexibility index (Phi) is 3.24. The first kappa shape index (κ1) is 10.0. The summed E-state index contributed by atoms with van der Waals surface area (Å²) in [5.74, 6) is 0.538. The number of nitrogens with zero attached hydrogens (tertiary/aromatic N) is 2. The molecular weight excluding hydrogens is 194 g/mol. The second kappa shape index (κ2) is 4.84. The van der Waals surface area contributed by atoms with E-state index in [1.165, 1.54) is 12.4 Å². The van der Waals surface area contributed by atoms with Crippen LogP contribution in [0.15, 0.2) is 12.4 Å². The number of hydrogen-bond donors (Lipinski definition) is 1. The van der Waals surface area contributed by atoms with Crippen LogP contribution in [0.3, 0.4) is 0 Å². The molecule has 0 saturated carbocycles. The fourth-order valence-corrected chi connectivity index (χ4v) is 1.50. The Bertz CT molecular complexity index is 320. The third-order valence-electron chi connectivity index (χ3n) is 2.32. The van der Waals surface area contributed by atoms with E-state index in [1.54, 1.807) is 0 Å². The van der Waals surface area contributed by atoms with Gasteiger partial charge in [-0.3, -0.25) is 4.79 Å². The first-order valence-electron chi connectivity index (χ1n) is 5.01. The molecule has 0 radical (unpaired) electrons. The van der Waals surface area contributed by atoms with E-state index < -0.39 is 0 Å². The van der Waals surface area contributed by atoms with Crippen LogP contribution in [0.5, 0.6) is 0 Å². The molecule has 0 unspecified atom stereocenters. The summed E-state index contributed by atoms with van der Waals surface area (Å²) in [7, 11) is 0. The summed E-state index contributed by atoms with van der Waals surface area (Å²) in [6, 6.07) is 0. The highest BCUT2D eigenvalue weighted by molar-refractivity contribution is 5.73. The van der Waals surface area contributed by atoms with E-state index in [0.717, 1.165) is 32.3 Å². The van der Waals surface area contributed by atoms with Crippen LogP contribution < -0.4 is 5.32 Å². The van der Waals surface area contributed by atoms with Crippen molar-refractivity contribution in [3.05, 3.63) is 18.0 Å². The van der Waals surface area contributed by atoms with Crippen molar-refractivity contribution in [1.82, 2.24) is 9.97 Å². The van der Waals surface area contributed by atoms with E-state index in [2.05, 4.69) is 15.3 Å². The summed E-state index contributed by atoms with van der Waals surface area (Å²) < 4.78 is 5.45. The van der Waals surface area contributed by atoms with E-state index in [1.807, 2.05) is 0 Å². The molecule has 0 amide bonds. The number of aromatic nitrogens is 2. The highest BCUT2D eigenvalue weighted by atomic mass is 16.5. The van der Waals surface area contributed by atoms with Crippen LogP contribution in [0.25, 0.3) is 0 Å². The number of ether oxygens (including phenoxy) is 1. The Balaban J connectivity index is 1.84. The molecule has 0 bridgehead atoms. The van der Waals surface area contributed by atoms with Crippen molar-refractivity contribution < 1.29 is 9.53 Å². The maximum absolute atomic E-state index is 10.4. The van der Waals surface area contributed by atoms with Gasteiger partial charge in [0, 0.05) is 25.5 Å². The number of anilines is 1. The number of aldehydes is 1. The van der Waals surface area contributed by atoms with Gasteiger partial charge in [-0.25, -0.2) is 9.97 Å². The molecule has 80 valence electrons. The third kappa shape index (κ3) is 2.73. The fourth-order valence-electron chi connectivity index (χ4n) is 1.50. The molecule has 0 aliphatic carbocycles. The molecule has 0 aromatic carbocycles. The zero-order valence-electron chi connectivity index (χ0n) is 8.35. The van der Waals surface area contributed by atoms with Gasteiger partial charge in [0.25, 0.3) is 0 Å². The highest BCUT2D eigenvalue weighted by Gasteiger charge is 2.14. The molecule has 1 N–H and O–H groups in total. The first-order valence-corrected chi connectivity index (χ1v) is 5.01. The van der Waals surface area contributed by atoms with Crippen LogP contribution in [0.1, 0.15) is 23.2 Å². The number of carbonyl (C=O) groups is 1. The fraction of sp³-hybridized carbons (Fsp3) is 0.500. The molecule has 2 rings (SSSR count). The summed E-state index contributed by atoms with van der Waals surface area (Å²) in [6.45, 7) is 1.57. The molecule has 1 aromatic rings. The monoisotopic (exact) mass is 207 g/mol. The Morgan fingerprint density at radius 1 is 1.53 bits per heavy atom. The second-order valence-electron chi connectivity index (χ2n) is 3.47. The molecule has 1 saturated heterocycles. The van der Waals surface area contributed by atoms with Gasteiger partial charge < -0.3 is 10.1 Å². The number of rotatable bonds is 4. The lowest BCUT2D eigenvalue weighted by atomic mass is 10.2. The topological polar surface area (TPSA) is 64.1 Å². The predicted octanol–water partition coefficient (Wildman–Crippen LogP) is 0.880. The van der Waals surface area contributed by atoms with Crippen molar-refractivity contribution >= 4 is 12.2 Å². The van der Waals surface area contributed by atoms with E-state index in [-0.39, 0.29) is 6.10 Å². The zero-order valence-corrected chi connectivity index (χ0v) is 8.35. The summed E-state index contributed by atoms with van der Waals surface area (Å²) in [5, 5.41) is 3.07. The standard InChI is InChI=1S/C10H13N3O2/c14-7-8-4-11-10(12-5-8)13-6-9-2-1-3-15-9/h4-5,7,9H,1-3,6H2,(H,11,12,13)/t9-/m0/s1. The summed E-state index contributed by atoms with van der Waals surface area (Å²) >= 11 is 0. The average Bonchev–Trinajstić information content (AvgIpc) is 2.80. The van der Waals surface area contributed by atoms with Gasteiger partial charge in [0.05, 0.1) is 11.7 Å². The SMILES string of the molecule is O=Cc1cnc(NC[C@@H]2CCCO2)nc1. The van der Waals surface area contributed by atoms with Crippen LogP contribution in [0.4, 0.5) is 5.95 Å². The summed E-state index contributed by atoms with van der Waals surface area (Å²) in [6.07, 6.45) is 6.19. The molecule has 2 heterocycles. The quantitative estimate of drug-likeness (QED) is 0.742. The lowest BCUT2D eigenvalue weighted by molar-refractivity contribution is 0.112. The van der Waals surface area contributed by atoms with Crippen LogP contribution >= 0.6 is 0 Å². The minimum absolute atomic E-state index is 0.263. The average molecular weight is 207 g/mol. The molecule has 1 aliphatic heterocycles. The van der Waals surface area contributed by atoms with Gasteiger partial charge in [-0.15, -0.1) is 0 Å². The van der Waals surface area contributed by atoms with Crippen LogP contribution in [-0.2, 0) is 4.74 Å². The third-order valence-corrected chi connectivity index (χ3v) is 2.32. The number of hydrogen-bond acceptors (Lipinski definition) is 5. The predicted molar refractivity (Wildman–Crippen MR) is 54.9 cm³/mol. The Morgan fingerprint density at radius 2 is 2.33 bits per heavy atom. The maximum atomic E-state index is 10.4. The lowest BCUT2D eigenvalue weighted by Gasteiger charge is -2.09. The molecule has 15 heavy (non-hydrogen) atoms. The van der Waals surface area contributed by atoms with Gasteiger partial charge >= 0.3 is 0 Å². The molecule has 0 spiro atoms. The van der Waals surface area contributed by atoms with Crippen molar-refractivity contribution in [3.63, 3.8) is 0 Å². The maximum Gasteiger partial charge on any atom is 0.222 e. The molecule has 1 atom stereocenters. The normalized spacial score (nSPS) is 20.1. The number of nitrogens with one attached hydrogen (secondary N) is 1. The van der Waals surface area contributed by atoms with Crippen molar-refractivity contribution in [2.45, 2.75) is 18.9 Å². The van der Waals surface area contributed by atoms with Gasteiger partial charge in [0.2, 0.25) is 5.95 Å². The van der Waals surface area contributed by atoms with Gasteiger partial charge in [-0.1, -0.05) is 0 Å². The Hall–Kier alpha value is -1.49. The van der Waals surface area contributed by atoms with Crippen molar-refractivity contribution in [2.24, 2.45) is 0 Å². The molecule has 1 fully saturated rings. The van der Waals surface area contributed by atoms with Gasteiger partial charge in [-0.2, -0.15) is 0 Å². The second-order valence-corrected chi connectivity index (χ2v) is 3.47. The minimum atomic E-state index is 0.263. The summed E-state index contributed by atoms with van der Waals surface area (Å²) in [4.78, 5) is 18.4. The molecule has 5 heteroatoms. The molecular formula is C10H13N3O2. The highest BCUT2D eigenvalue weighted by Crippen LogP contribution is 2.11.